The first kappa shape index (κ1) is 19.6. The Bertz CT molecular complexity index is 715. The smallest absolute Gasteiger partial charge is 0.225 e. The third kappa shape index (κ3) is 5.95. The van der Waals surface area contributed by atoms with Crippen LogP contribution in [0.2, 0.25) is 0 Å². The molecular formula is C20H27N3O3. The maximum Gasteiger partial charge on any atom is 0.225 e. The Morgan fingerprint density at radius 2 is 1.88 bits per heavy atom. The van der Waals surface area contributed by atoms with Crippen LogP contribution in [0.4, 0.5) is 11.5 Å². The number of nitrogens with zero attached hydrogens (tertiary/aromatic N) is 1. The summed E-state index contributed by atoms with van der Waals surface area (Å²) >= 11 is 0. The molecule has 0 unspecified atom stereocenters. The van der Waals surface area contributed by atoms with Crippen molar-refractivity contribution in [1.82, 2.24) is 4.98 Å². The SMILES string of the molecule is COc1ccc(CCNc2ccc(NC(=O)CC(C)C)nc2)cc1OC. The predicted octanol–water partition coefficient (Wildman–Crippen LogP) is 3.74. The van der Waals surface area contributed by atoms with Crippen molar-refractivity contribution in [3.05, 3.63) is 42.1 Å². The van der Waals surface area contributed by atoms with Crippen molar-refractivity contribution >= 4 is 17.4 Å². The number of anilines is 2. The molecule has 0 atom stereocenters. The highest BCUT2D eigenvalue weighted by Crippen LogP contribution is 2.27. The molecule has 140 valence electrons. The average Bonchev–Trinajstić information content (AvgIpc) is 2.62. The zero-order valence-corrected chi connectivity index (χ0v) is 15.8. The minimum absolute atomic E-state index is 0.0123. The van der Waals surface area contributed by atoms with Gasteiger partial charge in [-0.3, -0.25) is 4.79 Å². The minimum atomic E-state index is -0.0123. The Morgan fingerprint density at radius 1 is 1.12 bits per heavy atom. The largest absolute Gasteiger partial charge is 0.493 e. The minimum Gasteiger partial charge on any atom is -0.493 e. The van der Waals surface area contributed by atoms with Crippen molar-refractivity contribution in [3.8, 4) is 11.5 Å². The van der Waals surface area contributed by atoms with Crippen LogP contribution in [-0.4, -0.2) is 31.7 Å². The number of carbonyl (C=O) groups excluding carboxylic acids is 1. The zero-order chi connectivity index (χ0) is 18.9. The van der Waals surface area contributed by atoms with Crippen LogP contribution < -0.4 is 20.1 Å². The topological polar surface area (TPSA) is 72.5 Å². The Kier molecular flexibility index (Phi) is 7.26. The van der Waals surface area contributed by atoms with Crippen molar-refractivity contribution in [2.75, 3.05) is 31.4 Å². The molecule has 0 spiro atoms. The Labute approximate surface area is 154 Å². The van der Waals surface area contributed by atoms with Gasteiger partial charge >= 0.3 is 0 Å². The lowest BCUT2D eigenvalue weighted by Crippen LogP contribution is -2.14. The number of ether oxygens (including phenoxy) is 2. The van der Waals surface area contributed by atoms with Gasteiger partial charge in [0.25, 0.3) is 0 Å². The fourth-order valence-electron chi connectivity index (χ4n) is 2.52. The van der Waals surface area contributed by atoms with Crippen molar-refractivity contribution in [2.24, 2.45) is 5.92 Å². The first-order valence-corrected chi connectivity index (χ1v) is 8.72. The zero-order valence-electron chi connectivity index (χ0n) is 15.8. The van der Waals surface area contributed by atoms with Crippen molar-refractivity contribution < 1.29 is 14.3 Å². The van der Waals surface area contributed by atoms with E-state index in [1.807, 2.05) is 38.1 Å². The van der Waals surface area contributed by atoms with Gasteiger partial charge in [-0.2, -0.15) is 0 Å². The summed E-state index contributed by atoms with van der Waals surface area (Å²) in [4.78, 5) is 16.0. The van der Waals surface area contributed by atoms with Crippen LogP contribution in [0.25, 0.3) is 0 Å². The third-order valence-electron chi connectivity index (χ3n) is 3.82. The van der Waals surface area contributed by atoms with Crippen molar-refractivity contribution in [2.45, 2.75) is 26.7 Å². The van der Waals surface area contributed by atoms with Gasteiger partial charge in [-0.15, -0.1) is 0 Å². The number of benzene rings is 1. The molecule has 2 aromatic rings. The summed E-state index contributed by atoms with van der Waals surface area (Å²) < 4.78 is 10.6. The summed E-state index contributed by atoms with van der Waals surface area (Å²) in [5.74, 6) is 2.34. The molecule has 26 heavy (non-hydrogen) atoms. The quantitative estimate of drug-likeness (QED) is 0.715. The van der Waals surface area contributed by atoms with Gasteiger partial charge in [0.2, 0.25) is 5.91 Å². The van der Waals surface area contributed by atoms with Gasteiger partial charge in [-0.05, 0) is 42.2 Å². The molecule has 1 amide bonds. The van der Waals surface area contributed by atoms with Gasteiger partial charge in [-0.1, -0.05) is 19.9 Å². The maximum absolute atomic E-state index is 11.7. The summed E-state index contributed by atoms with van der Waals surface area (Å²) in [7, 11) is 3.26. The van der Waals surface area contributed by atoms with Gasteiger partial charge in [0.05, 0.1) is 26.1 Å². The van der Waals surface area contributed by atoms with Crippen LogP contribution >= 0.6 is 0 Å². The molecule has 0 aliphatic heterocycles. The highest BCUT2D eigenvalue weighted by molar-refractivity contribution is 5.89. The van der Waals surface area contributed by atoms with E-state index in [0.717, 1.165) is 35.7 Å². The number of amides is 1. The molecule has 6 nitrogen and oxygen atoms in total. The van der Waals surface area contributed by atoms with Crippen molar-refractivity contribution in [3.63, 3.8) is 0 Å². The van der Waals surface area contributed by atoms with Gasteiger partial charge in [0.15, 0.2) is 11.5 Å². The number of methoxy groups -OCH3 is 2. The molecule has 0 bridgehead atoms. The molecule has 0 aliphatic rings. The van der Waals surface area contributed by atoms with Crippen LogP contribution in [0, 0.1) is 5.92 Å². The Balaban J connectivity index is 1.83. The van der Waals surface area contributed by atoms with E-state index in [2.05, 4.69) is 15.6 Å². The normalized spacial score (nSPS) is 10.5. The molecule has 0 aliphatic carbocycles. The Hall–Kier alpha value is -2.76. The molecule has 1 heterocycles. The number of hydrogen-bond acceptors (Lipinski definition) is 5. The lowest BCUT2D eigenvalue weighted by Gasteiger charge is -2.11. The molecule has 2 N–H and O–H groups in total. The lowest BCUT2D eigenvalue weighted by atomic mass is 10.1. The van der Waals surface area contributed by atoms with E-state index in [0.29, 0.717) is 18.2 Å². The van der Waals surface area contributed by atoms with E-state index in [-0.39, 0.29) is 5.91 Å². The second-order valence-corrected chi connectivity index (χ2v) is 6.44. The highest BCUT2D eigenvalue weighted by atomic mass is 16.5. The van der Waals surface area contributed by atoms with Crippen LogP contribution in [0.3, 0.4) is 0 Å². The van der Waals surface area contributed by atoms with Gasteiger partial charge < -0.3 is 20.1 Å². The molecule has 0 saturated carbocycles. The van der Waals surface area contributed by atoms with E-state index in [1.165, 1.54) is 0 Å². The summed E-state index contributed by atoms with van der Waals surface area (Å²) in [5.41, 5.74) is 2.06. The molecule has 6 heteroatoms. The van der Waals surface area contributed by atoms with Crippen LogP contribution in [0.15, 0.2) is 36.5 Å². The standard InChI is InChI=1S/C20H27N3O3/c1-14(2)11-20(24)23-19-8-6-16(13-22-19)21-10-9-15-5-7-17(25-3)18(12-15)26-4/h5-8,12-14,21H,9-11H2,1-4H3,(H,22,23,24). The van der Waals surface area contributed by atoms with Crippen LogP contribution in [0.5, 0.6) is 11.5 Å². The lowest BCUT2D eigenvalue weighted by molar-refractivity contribution is -0.116. The molecular weight excluding hydrogens is 330 g/mol. The van der Waals surface area contributed by atoms with E-state index in [9.17, 15) is 4.79 Å². The molecule has 0 saturated heterocycles. The molecule has 2 rings (SSSR count). The van der Waals surface area contributed by atoms with E-state index >= 15 is 0 Å². The van der Waals surface area contributed by atoms with Gasteiger partial charge in [0.1, 0.15) is 5.82 Å². The van der Waals surface area contributed by atoms with E-state index in [4.69, 9.17) is 9.47 Å². The number of nitrogens with one attached hydrogen (secondary N) is 2. The van der Waals surface area contributed by atoms with Gasteiger partial charge in [0, 0.05) is 13.0 Å². The number of hydrogen-bond donors (Lipinski definition) is 2. The second kappa shape index (κ2) is 9.65. The van der Waals surface area contributed by atoms with Crippen molar-refractivity contribution in [1.29, 1.82) is 0 Å². The monoisotopic (exact) mass is 357 g/mol. The first-order chi connectivity index (χ1) is 12.5. The van der Waals surface area contributed by atoms with E-state index < -0.39 is 0 Å². The average molecular weight is 357 g/mol. The second-order valence-electron chi connectivity index (χ2n) is 6.44. The fourth-order valence-corrected chi connectivity index (χ4v) is 2.52. The summed E-state index contributed by atoms with van der Waals surface area (Å²) in [6.45, 7) is 4.78. The van der Waals surface area contributed by atoms with Crippen LogP contribution in [-0.2, 0) is 11.2 Å². The Morgan fingerprint density at radius 3 is 2.50 bits per heavy atom. The molecule has 1 aromatic carbocycles. The number of pyridine rings is 1. The maximum atomic E-state index is 11.7. The number of carbonyl (C=O) groups is 1. The van der Waals surface area contributed by atoms with E-state index in [1.54, 1.807) is 26.5 Å². The highest BCUT2D eigenvalue weighted by Gasteiger charge is 2.06. The van der Waals surface area contributed by atoms with Gasteiger partial charge in [-0.25, -0.2) is 4.98 Å². The number of rotatable bonds is 9. The fraction of sp³-hybridized carbons (Fsp3) is 0.400. The first-order valence-electron chi connectivity index (χ1n) is 8.72. The predicted molar refractivity (Wildman–Crippen MR) is 104 cm³/mol. The molecule has 1 aromatic heterocycles. The summed E-state index contributed by atoms with van der Waals surface area (Å²) in [5, 5.41) is 6.13. The third-order valence-corrected chi connectivity index (χ3v) is 3.82. The van der Waals surface area contributed by atoms with Crippen LogP contribution in [0.1, 0.15) is 25.8 Å². The summed E-state index contributed by atoms with van der Waals surface area (Å²) in [6, 6.07) is 9.62. The number of aromatic nitrogens is 1. The summed E-state index contributed by atoms with van der Waals surface area (Å²) in [6.07, 6.45) is 3.06. The molecule has 0 fully saturated rings. The molecule has 0 radical (unpaired) electrons.